The molecule has 6 nitrogen and oxygen atoms in total. The summed E-state index contributed by atoms with van der Waals surface area (Å²) in [6, 6.07) is 7.90. The van der Waals surface area contributed by atoms with Crippen LogP contribution in [0.4, 0.5) is 0 Å². The molecular weight excluding hydrogens is 318 g/mol. The molecule has 2 aromatic rings. The van der Waals surface area contributed by atoms with Crippen molar-refractivity contribution in [1.82, 2.24) is 10.3 Å². The molecule has 1 fully saturated rings. The van der Waals surface area contributed by atoms with Gasteiger partial charge in [0.2, 0.25) is 5.91 Å². The third-order valence-electron chi connectivity index (χ3n) is 5.14. The number of carbonyl (C=O) groups excluding carboxylic acids is 2. The summed E-state index contributed by atoms with van der Waals surface area (Å²) < 4.78 is 4.92. The van der Waals surface area contributed by atoms with E-state index in [0.29, 0.717) is 19.3 Å². The van der Waals surface area contributed by atoms with Gasteiger partial charge in [-0.1, -0.05) is 31.0 Å². The predicted molar refractivity (Wildman–Crippen MR) is 96.0 cm³/mol. The van der Waals surface area contributed by atoms with Crippen molar-refractivity contribution in [2.75, 3.05) is 7.11 Å². The number of fused-ring (bicyclic) bond motifs is 1. The monoisotopic (exact) mass is 343 g/mol. The summed E-state index contributed by atoms with van der Waals surface area (Å²) in [5, 5.41) is 3.95. The highest BCUT2D eigenvalue weighted by Gasteiger charge is 2.46. The zero-order valence-electron chi connectivity index (χ0n) is 14.7. The van der Waals surface area contributed by atoms with E-state index in [1.165, 1.54) is 7.11 Å². The van der Waals surface area contributed by atoms with Crippen LogP contribution in [0.5, 0.6) is 0 Å². The van der Waals surface area contributed by atoms with E-state index < -0.39 is 11.1 Å². The molecule has 1 amide bonds. The summed E-state index contributed by atoms with van der Waals surface area (Å²) in [7, 11) is 1.35. The molecule has 1 aromatic heterocycles. The molecular formula is C19H25N3O3. The van der Waals surface area contributed by atoms with E-state index in [1.807, 2.05) is 30.5 Å². The quantitative estimate of drug-likeness (QED) is 0.724. The van der Waals surface area contributed by atoms with Gasteiger partial charge in [-0.3, -0.25) is 4.79 Å². The normalized spacial score (nSPS) is 18.7. The van der Waals surface area contributed by atoms with Crippen LogP contribution in [0, 0.1) is 0 Å². The topological polar surface area (TPSA) is 97.2 Å². The van der Waals surface area contributed by atoms with Crippen LogP contribution in [-0.4, -0.2) is 35.0 Å². The van der Waals surface area contributed by atoms with Crippen molar-refractivity contribution < 1.29 is 14.3 Å². The molecule has 3 rings (SSSR count). The van der Waals surface area contributed by atoms with E-state index in [2.05, 4.69) is 10.3 Å². The second kappa shape index (κ2) is 6.52. The van der Waals surface area contributed by atoms with Crippen LogP contribution in [0.25, 0.3) is 10.9 Å². The molecule has 1 unspecified atom stereocenters. The molecule has 0 radical (unpaired) electrons. The van der Waals surface area contributed by atoms with Crippen LogP contribution in [0.3, 0.4) is 0 Å². The SMILES string of the molecule is COC(=O)C1(NC(=O)C(C)(N)Cc2c[nH]c3ccccc23)CCCC1. The first-order valence-electron chi connectivity index (χ1n) is 8.63. The maximum atomic E-state index is 12.9. The summed E-state index contributed by atoms with van der Waals surface area (Å²) >= 11 is 0. The number of rotatable bonds is 5. The smallest absolute Gasteiger partial charge is 0.331 e. The van der Waals surface area contributed by atoms with Crippen LogP contribution >= 0.6 is 0 Å². The first-order valence-corrected chi connectivity index (χ1v) is 8.63. The van der Waals surface area contributed by atoms with E-state index in [1.54, 1.807) is 6.92 Å². The lowest BCUT2D eigenvalue weighted by Gasteiger charge is -2.32. The van der Waals surface area contributed by atoms with Crippen molar-refractivity contribution >= 4 is 22.8 Å². The van der Waals surface area contributed by atoms with Crippen LogP contribution in [0.1, 0.15) is 38.2 Å². The minimum Gasteiger partial charge on any atom is -0.467 e. The first-order chi connectivity index (χ1) is 11.9. The number of ether oxygens (including phenoxy) is 1. The largest absolute Gasteiger partial charge is 0.467 e. The highest BCUT2D eigenvalue weighted by molar-refractivity contribution is 5.93. The van der Waals surface area contributed by atoms with Crippen LogP contribution in [0.2, 0.25) is 0 Å². The summed E-state index contributed by atoms with van der Waals surface area (Å²) in [5.74, 6) is -0.716. The number of carbonyl (C=O) groups is 2. The second-order valence-electron chi connectivity index (χ2n) is 7.19. The van der Waals surface area contributed by atoms with Gasteiger partial charge in [0.25, 0.3) is 0 Å². The Morgan fingerprint density at radius 3 is 2.68 bits per heavy atom. The van der Waals surface area contributed by atoms with Gasteiger partial charge in [-0.25, -0.2) is 4.79 Å². The Morgan fingerprint density at radius 2 is 2.00 bits per heavy atom. The number of hydrogen-bond acceptors (Lipinski definition) is 4. The average molecular weight is 343 g/mol. The molecule has 0 spiro atoms. The van der Waals surface area contributed by atoms with E-state index in [0.717, 1.165) is 29.3 Å². The van der Waals surface area contributed by atoms with Crippen molar-refractivity contribution in [3.8, 4) is 0 Å². The maximum Gasteiger partial charge on any atom is 0.331 e. The number of esters is 1. The van der Waals surface area contributed by atoms with Gasteiger partial charge >= 0.3 is 5.97 Å². The van der Waals surface area contributed by atoms with Gasteiger partial charge in [-0.2, -0.15) is 0 Å². The summed E-state index contributed by atoms with van der Waals surface area (Å²) in [6.07, 6.45) is 5.22. The number of nitrogens with one attached hydrogen (secondary N) is 2. The lowest BCUT2D eigenvalue weighted by molar-refractivity contribution is -0.151. The molecule has 1 atom stereocenters. The number of para-hydroxylation sites is 1. The third-order valence-corrected chi connectivity index (χ3v) is 5.14. The maximum absolute atomic E-state index is 12.9. The molecule has 0 bridgehead atoms. The Labute approximate surface area is 147 Å². The second-order valence-corrected chi connectivity index (χ2v) is 7.19. The van der Waals surface area contributed by atoms with Crippen LogP contribution < -0.4 is 11.1 Å². The molecule has 6 heteroatoms. The van der Waals surface area contributed by atoms with Crippen molar-refractivity contribution in [2.45, 2.75) is 50.1 Å². The van der Waals surface area contributed by atoms with E-state index in [4.69, 9.17) is 10.5 Å². The summed E-state index contributed by atoms with van der Waals surface area (Å²) in [5.41, 5.74) is 6.27. The zero-order chi connectivity index (χ0) is 18.1. The van der Waals surface area contributed by atoms with E-state index in [-0.39, 0.29) is 11.9 Å². The molecule has 1 aromatic carbocycles. The molecule has 0 saturated heterocycles. The molecule has 134 valence electrons. The van der Waals surface area contributed by atoms with Gasteiger partial charge in [-0.05, 0) is 31.4 Å². The highest BCUT2D eigenvalue weighted by Crippen LogP contribution is 2.31. The fourth-order valence-electron chi connectivity index (χ4n) is 3.67. The van der Waals surface area contributed by atoms with Crippen molar-refractivity contribution in [2.24, 2.45) is 5.73 Å². The minimum absolute atomic E-state index is 0.329. The molecule has 1 aliphatic rings. The number of aromatic nitrogens is 1. The first kappa shape index (κ1) is 17.5. The Morgan fingerprint density at radius 1 is 1.32 bits per heavy atom. The van der Waals surface area contributed by atoms with Gasteiger partial charge in [0.1, 0.15) is 5.54 Å². The van der Waals surface area contributed by atoms with Crippen molar-refractivity contribution in [1.29, 1.82) is 0 Å². The molecule has 4 N–H and O–H groups in total. The van der Waals surface area contributed by atoms with E-state index in [9.17, 15) is 9.59 Å². The van der Waals surface area contributed by atoms with Crippen LogP contribution in [0.15, 0.2) is 30.5 Å². The number of methoxy groups -OCH3 is 1. The number of amides is 1. The van der Waals surface area contributed by atoms with Crippen molar-refractivity contribution in [3.05, 3.63) is 36.0 Å². The Bertz CT molecular complexity index is 788. The van der Waals surface area contributed by atoms with Gasteiger partial charge in [0.15, 0.2) is 0 Å². The van der Waals surface area contributed by atoms with E-state index >= 15 is 0 Å². The Balaban J connectivity index is 1.79. The molecule has 0 aliphatic heterocycles. The van der Waals surface area contributed by atoms with Crippen molar-refractivity contribution in [3.63, 3.8) is 0 Å². The zero-order valence-corrected chi connectivity index (χ0v) is 14.7. The third kappa shape index (κ3) is 3.26. The Hall–Kier alpha value is -2.34. The number of hydrogen-bond donors (Lipinski definition) is 3. The number of benzene rings is 1. The Kier molecular flexibility index (Phi) is 4.56. The van der Waals surface area contributed by atoms with Gasteiger partial charge < -0.3 is 20.8 Å². The molecule has 1 saturated carbocycles. The summed E-state index contributed by atoms with van der Waals surface area (Å²) in [4.78, 5) is 28.3. The minimum atomic E-state index is -1.13. The molecule has 25 heavy (non-hydrogen) atoms. The predicted octanol–water partition coefficient (Wildman–Crippen LogP) is 2.03. The fraction of sp³-hybridized carbons (Fsp3) is 0.474. The number of nitrogens with two attached hydrogens (primary N) is 1. The van der Waals surface area contributed by atoms with Gasteiger partial charge in [-0.15, -0.1) is 0 Å². The number of H-pyrrole nitrogens is 1. The lowest BCUT2D eigenvalue weighted by Crippen LogP contribution is -2.62. The molecule has 1 heterocycles. The average Bonchev–Trinajstić information content (AvgIpc) is 3.22. The summed E-state index contributed by atoms with van der Waals surface area (Å²) in [6.45, 7) is 1.70. The highest BCUT2D eigenvalue weighted by atomic mass is 16.5. The molecule has 1 aliphatic carbocycles. The lowest BCUT2D eigenvalue weighted by atomic mass is 9.90. The van der Waals surface area contributed by atoms with Gasteiger partial charge in [0.05, 0.1) is 12.6 Å². The van der Waals surface area contributed by atoms with Crippen LogP contribution in [-0.2, 0) is 20.7 Å². The number of aromatic amines is 1. The standard InChI is InChI=1S/C19H25N3O3/c1-18(20,11-13-12-21-15-8-4-3-7-14(13)15)16(23)22-19(17(24)25-2)9-5-6-10-19/h3-4,7-8,12,21H,5-6,9-11,20H2,1-2H3,(H,22,23). The fourth-order valence-corrected chi connectivity index (χ4v) is 3.67. The van der Waals surface area contributed by atoms with Gasteiger partial charge in [0, 0.05) is 23.5 Å².